The molecule has 0 aromatic rings. The molecule has 1 rings (SSSR count). The number of hydrogen-bond donors (Lipinski definition) is 1. The highest BCUT2D eigenvalue weighted by atomic mass is 16.5. The van der Waals surface area contributed by atoms with Gasteiger partial charge in [0.15, 0.2) is 0 Å². The highest BCUT2D eigenvalue weighted by Crippen LogP contribution is 2.17. The number of aliphatic carboxylic acids is 1. The Labute approximate surface area is 74.3 Å². The molecule has 1 unspecified atom stereocenters. The van der Waals surface area contributed by atoms with E-state index in [1.54, 1.807) is 0 Å². The van der Waals surface area contributed by atoms with Gasteiger partial charge in [-0.25, -0.2) is 9.59 Å². The van der Waals surface area contributed by atoms with Crippen molar-refractivity contribution in [2.24, 2.45) is 0 Å². The van der Waals surface area contributed by atoms with Crippen LogP contribution in [0.3, 0.4) is 0 Å². The van der Waals surface area contributed by atoms with Crippen LogP contribution in [0.15, 0.2) is 0 Å². The molecule has 70 valence electrons. The van der Waals surface area contributed by atoms with Crippen molar-refractivity contribution in [1.82, 2.24) is 4.90 Å². The van der Waals surface area contributed by atoms with Crippen LogP contribution in [-0.2, 0) is 9.53 Å². The third kappa shape index (κ3) is 1.87. The molecule has 0 saturated carbocycles. The Balaban J connectivity index is 2.64. The molecule has 1 fully saturated rings. The first kappa shape index (κ1) is 9.32. The van der Waals surface area contributed by atoms with Gasteiger partial charge in [0, 0.05) is 6.54 Å². The van der Waals surface area contributed by atoms with Crippen LogP contribution in [0.5, 0.6) is 0 Å². The Kier molecular flexibility index (Phi) is 2.69. The third-order valence-corrected chi connectivity index (χ3v) is 1.91. The van der Waals surface area contributed by atoms with E-state index >= 15 is 0 Å². The van der Waals surface area contributed by atoms with Crippen LogP contribution in [0.4, 0.5) is 4.79 Å². The summed E-state index contributed by atoms with van der Waals surface area (Å²) in [6.45, 7) is 0.331. The lowest BCUT2D eigenvalue weighted by molar-refractivity contribution is -0.141. The number of hydrogen-bond acceptors (Lipinski definition) is 4. The molecule has 1 heterocycles. The number of carboxylic acids is 1. The summed E-state index contributed by atoms with van der Waals surface area (Å²) in [5, 5.41) is 16.7. The molecule has 1 aliphatic rings. The number of amides is 1. The first-order valence-corrected chi connectivity index (χ1v) is 3.76. The highest BCUT2D eigenvalue weighted by Gasteiger charge is 2.35. The van der Waals surface area contributed by atoms with Crippen molar-refractivity contribution in [2.45, 2.75) is 18.9 Å². The van der Waals surface area contributed by atoms with E-state index < -0.39 is 18.1 Å². The molecule has 13 heavy (non-hydrogen) atoms. The molecule has 0 bridgehead atoms. The van der Waals surface area contributed by atoms with Crippen molar-refractivity contribution >= 4 is 12.1 Å². The molecule has 6 heteroatoms. The zero-order valence-corrected chi connectivity index (χ0v) is 6.77. The number of carbonyl (C=O) groups excluding carboxylic acids is 1. The van der Waals surface area contributed by atoms with Crippen LogP contribution in [0.25, 0.3) is 0 Å². The summed E-state index contributed by atoms with van der Waals surface area (Å²) in [7, 11) is 0. The van der Waals surface area contributed by atoms with Crippen molar-refractivity contribution in [2.75, 3.05) is 6.54 Å². The fraction of sp³-hybridized carbons (Fsp3) is 0.571. The average Bonchev–Trinajstić information content (AvgIpc) is 2.52. The maximum Gasteiger partial charge on any atom is 0.426 e. The molecule has 6 nitrogen and oxygen atoms in total. The summed E-state index contributed by atoms with van der Waals surface area (Å²) in [6, 6.07) is -0.846. The Bertz CT molecular complexity index is 270. The second kappa shape index (κ2) is 3.76. The topological polar surface area (TPSA) is 90.6 Å². The molecule has 1 saturated heterocycles. The van der Waals surface area contributed by atoms with Crippen molar-refractivity contribution in [3.05, 3.63) is 0 Å². The van der Waals surface area contributed by atoms with E-state index in [1.165, 1.54) is 6.26 Å². The number of carboxylic acid groups (broad SMARTS) is 1. The second-order valence-corrected chi connectivity index (χ2v) is 2.65. The summed E-state index contributed by atoms with van der Waals surface area (Å²) in [5.41, 5.74) is 0. The number of ether oxygens (including phenoxy) is 1. The number of carbonyl (C=O) groups is 2. The molecular formula is C7H8N2O4. The molecule has 1 atom stereocenters. The van der Waals surface area contributed by atoms with Crippen LogP contribution in [-0.4, -0.2) is 34.7 Å². The van der Waals surface area contributed by atoms with Crippen molar-refractivity contribution in [3.63, 3.8) is 0 Å². The van der Waals surface area contributed by atoms with Crippen LogP contribution >= 0.6 is 0 Å². The highest BCUT2D eigenvalue weighted by molar-refractivity contribution is 5.80. The number of nitriles is 1. The Morgan fingerprint density at radius 1 is 1.62 bits per heavy atom. The predicted octanol–water partition coefficient (Wildman–Crippen LogP) is 0.153. The van der Waals surface area contributed by atoms with Crippen molar-refractivity contribution in [3.8, 4) is 6.26 Å². The zero-order valence-electron chi connectivity index (χ0n) is 6.77. The van der Waals surface area contributed by atoms with Gasteiger partial charge in [-0.1, -0.05) is 0 Å². The lowest BCUT2D eigenvalue weighted by Gasteiger charge is -2.17. The molecule has 0 spiro atoms. The smallest absolute Gasteiger partial charge is 0.426 e. The largest absolute Gasteiger partial charge is 0.480 e. The maximum absolute atomic E-state index is 11.0. The molecule has 1 aliphatic heterocycles. The summed E-state index contributed by atoms with van der Waals surface area (Å²) < 4.78 is 4.04. The Morgan fingerprint density at radius 3 is 2.85 bits per heavy atom. The van der Waals surface area contributed by atoms with E-state index in [-0.39, 0.29) is 0 Å². The Hall–Kier alpha value is -1.77. The fourth-order valence-corrected chi connectivity index (χ4v) is 1.34. The fourth-order valence-electron chi connectivity index (χ4n) is 1.34. The van der Waals surface area contributed by atoms with E-state index in [1.807, 2.05) is 0 Å². The van der Waals surface area contributed by atoms with Gasteiger partial charge in [0.1, 0.15) is 6.04 Å². The molecule has 1 N–H and O–H groups in total. The molecule has 0 aliphatic carbocycles. The molecule has 0 aromatic carbocycles. The predicted molar refractivity (Wildman–Crippen MR) is 39.5 cm³/mol. The first-order chi connectivity index (χ1) is 6.16. The normalized spacial score (nSPS) is 20.8. The van der Waals surface area contributed by atoms with Gasteiger partial charge in [0.25, 0.3) is 6.26 Å². The summed E-state index contributed by atoms with van der Waals surface area (Å²) in [6.07, 6.45) is 1.37. The summed E-state index contributed by atoms with van der Waals surface area (Å²) >= 11 is 0. The average molecular weight is 184 g/mol. The third-order valence-electron chi connectivity index (χ3n) is 1.91. The van der Waals surface area contributed by atoms with Gasteiger partial charge in [-0.2, -0.15) is 0 Å². The molecule has 0 aromatic heterocycles. The summed E-state index contributed by atoms with van der Waals surface area (Å²) in [5.74, 6) is -1.06. The zero-order chi connectivity index (χ0) is 9.84. The minimum Gasteiger partial charge on any atom is -0.480 e. The van der Waals surface area contributed by atoms with E-state index in [0.29, 0.717) is 19.4 Å². The minimum atomic E-state index is -1.06. The van der Waals surface area contributed by atoms with Gasteiger partial charge in [0.2, 0.25) is 0 Å². The van der Waals surface area contributed by atoms with Gasteiger partial charge in [-0.3, -0.25) is 4.90 Å². The van der Waals surface area contributed by atoms with E-state index in [0.717, 1.165) is 4.90 Å². The van der Waals surface area contributed by atoms with Crippen LogP contribution in [0, 0.1) is 11.5 Å². The van der Waals surface area contributed by atoms with Crippen molar-refractivity contribution < 1.29 is 19.4 Å². The lowest BCUT2D eigenvalue weighted by Crippen LogP contribution is -2.40. The van der Waals surface area contributed by atoms with Crippen molar-refractivity contribution in [1.29, 1.82) is 5.26 Å². The van der Waals surface area contributed by atoms with Gasteiger partial charge < -0.3 is 9.84 Å². The second-order valence-electron chi connectivity index (χ2n) is 2.65. The van der Waals surface area contributed by atoms with E-state index in [2.05, 4.69) is 4.74 Å². The molecular weight excluding hydrogens is 176 g/mol. The van der Waals surface area contributed by atoms with Crippen LogP contribution in [0.1, 0.15) is 12.8 Å². The van der Waals surface area contributed by atoms with Crippen LogP contribution in [0.2, 0.25) is 0 Å². The van der Waals surface area contributed by atoms with Gasteiger partial charge in [-0.05, 0) is 12.8 Å². The van der Waals surface area contributed by atoms with E-state index in [4.69, 9.17) is 10.4 Å². The quantitative estimate of drug-likeness (QED) is 0.586. The Morgan fingerprint density at radius 2 is 2.31 bits per heavy atom. The number of rotatable bonds is 1. The lowest BCUT2D eigenvalue weighted by atomic mass is 10.2. The van der Waals surface area contributed by atoms with E-state index in [9.17, 15) is 9.59 Å². The maximum atomic E-state index is 11.0. The summed E-state index contributed by atoms with van der Waals surface area (Å²) in [4.78, 5) is 22.6. The SMILES string of the molecule is N#COC(=O)N1CCCC1C(=O)O. The monoisotopic (exact) mass is 184 g/mol. The standard InChI is InChI=1S/C7H8N2O4/c8-4-13-7(12)9-3-1-2-5(9)6(10)11/h5H,1-3H2,(H,10,11). The molecule has 1 amide bonds. The van der Waals surface area contributed by atoms with Gasteiger partial charge in [-0.15, -0.1) is 5.26 Å². The number of nitrogens with zero attached hydrogens (tertiary/aromatic N) is 2. The van der Waals surface area contributed by atoms with Crippen LogP contribution < -0.4 is 0 Å². The van der Waals surface area contributed by atoms with Gasteiger partial charge in [0.05, 0.1) is 0 Å². The minimum absolute atomic E-state index is 0.331. The number of likely N-dealkylation sites (tertiary alicyclic amines) is 1. The molecule has 0 radical (unpaired) electrons. The van der Waals surface area contributed by atoms with Gasteiger partial charge >= 0.3 is 12.1 Å². The first-order valence-electron chi connectivity index (χ1n) is 3.76.